The summed E-state index contributed by atoms with van der Waals surface area (Å²) >= 11 is 0. The van der Waals surface area contributed by atoms with Gasteiger partial charge in [0.2, 0.25) is 0 Å². The van der Waals surface area contributed by atoms with Crippen molar-refractivity contribution in [1.29, 1.82) is 0 Å². The molecule has 0 aliphatic rings. The van der Waals surface area contributed by atoms with E-state index in [2.05, 4.69) is 0 Å². The number of phenolic OH excluding ortho intramolecular Hbond substituents is 1. The summed E-state index contributed by atoms with van der Waals surface area (Å²) in [7, 11) is 4.93. The fourth-order valence-electron chi connectivity index (χ4n) is 3.66. The third-order valence-corrected chi connectivity index (χ3v) is 5.35. The van der Waals surface area contributed by atoms with Crippen molar-refractivity contribution >= 4 is 0 Å². The minimum atomic E-state index is 0.229. The van der Waals surface area contributed by atoms with Gasteiger partial charge in [-0.3, -0.25) is 0 Å². The lowest BCUT2D eigenvalue weighted by atomic mass is 9.91. The maximum atomic E-state index is 11.2. The third-order valence-electron chi connectivity index (χ3n) is 5.35. The predicted molar refractivity (Wildman–Crippen MR) is 124 cm³/mol. The molecule has 4 aromatic rings. The molecule has 156 valence electrons. The molecule has 0 fully saturated rings. The van der Waals surface area contributed by atoms with Crippen molar-refractivity contribution in [3.8, 4) is 56.4 Å². The lowest BCUT2D eigenvalue weighted by Crippen LogP contribution is -1.91. The molecule has 0 atom stereocenters. The molecule has 0 aromatic heterocycles. The Hall–Kier alpha value is -3.92. The lowest BCUT2D eigenvalue weighted by Gasteiger charge is -2.16. The first-order valence-electron chi connectivity index (χ1n) is 9.94. The summed E-state index contributed by atoms with van der Waals surface area (Å²) in [6.45, 7) is 0. The molecule has 0 unspecified atom stereocenters. The van der Waals surface area contributed by atoms with Gasteiger partial charge in [-0.25, -0.2) is 0 Å². The first-order chi connectivity index (χ1) is 15.1. The van der Waals surface area contributed by atoms with Gasteiger partial charge in [-0.1, -0.05) is 42.5 Å². The van der Waals surface area contributed by atoms with Crippen LogP contribution in [-0.2, 0) is 0 Å². The molecule has 4 nitrogen and oxygen atoms in total. The maximum absolute atomic E-state index is 11.2. The first kappa shape index (κ1) is 20.4. The van der Waals surface area contributed by atoms with E-state index >= 15 is 0 Å². The molecular weight excluding hydrogens is 388 g/mol. The predicted octanol–water partition coefficient (Wildman–Crippen LogP) is 6.42. The van der Waals surface area contributed by atoms with Crippen molar-refractivity contribution in [3.05, 3.63) is 84.9 Å². The quantitative estimate of drug-likeness (QED) is 0.397. The molecule has 0 spiro atoms. The molecule has 0 aliphatic heterocycles. The number of methoxy groups -OCH3 is 3. The number of hydrogen-bond donors (Lipinski definition) is 1. The van der Waals surface area contributed by atoms with Gasteiger partial charge in [0.25, 0.3) is 0 Å². The summed E-state index contributed by atoms with van der Waals surface area (Å²) in [6, 6.07) is 27.2. The fourth-order valence-corrected chi connectivity index (χ4v) is 3.66. The topological polar surface area (TPSA) is 47.9 Å². The van der Waals surface area contributed by atoms with Gasteiger partial charge >= 0.3 is 0 Å². The van der Waals surface area contributed by atoms with Crippen LogP contribution in [0.1, 0.15) is 0 Å². The highest BCUT2D eigenvalue weighted by atomic mass is 16.5. The Morgan fingerprint density at radius 3 is 1.52 bits per heavy atom. The van der Waals surface area contributed by atoms with E-state index in [1.54, 1.807) is 21.3 Å². The molecule has 0 bridgehead atoms. The summed E-state index contributed by atoms with van der Waals surface area (Å²) in [4.78, 5) is 0. The zero-order valence-electron chi connectivity index (χ0n) is 17.8. The van der Waals surface area contributed by atoms with E-state index in [0.29, 0.717) is 0 Å². The van der Waals surface area contributed by atoms with Crippen LogP contribution in [-0.4, -0.2) is 26.4 Å². The number of benzene rings is 4. The van der Waals surface area contributed by atoms with E-state index in [0.717, 1.165) is 50.6 Å². The summed E-state index contributed by atoms with van der Waals surface area (Å²) in [6.07, 6.45) is 0. The van der Waals surface area contributed by atoms with Gasteiger partial charge in [0.05, 0.1) is 21.3 Å². The smallest absolute Gasteiger partial charge is 0.131 e. The zero-order chi connectivity index (χ0) is 21.8. The van der Waals surface area contributed by atoms with Crippen molar-refractivity contribution in [3.63, 3.8) is 0 Å². The molecule has 0 saturated heterocycles. The van der Waals surface area contributed by atoms with E-state index in [1.165, 1.54) is 0 Å². The van der Waals surface area contributed by atoms with Crippen molar-refractivity contribution in [1.82, 2.24) is 0 Å². The van der Waals surface area contributed by atoms with Crippen LogP contribution < -0.4 is 14.2 Å². The van der Waals surface area contributed by atoms with Gasteiger partial charge < -0.3 is 19.3 Å². The first-order valence-corrected chi connectivity index (χ1v) is 9.94. The van der Waals surface area contributed by atoms with Gasteiger partial charge in [0, 0.05) is 11.1 Å². The minimum absolute atomic E-state index is 0.229. The van der Waals surface area contributed by atoms with Crippen LogP contribution in [0.5, 0.6) is 23.0 Å². The average Bonchev–Trinajstić information content (AvgIpc) is 2.84. The van der Waals surface area contributed by atoms with Crippen LogP contribution in [0.4, 0.5) is 0 Å². The summed E-state index contributed by atoms with van der Waals surface area (Å²) in [5.41, 5.74) is 5.31. The SMILES string of the molecule is COc1ccc(-c2cc(OC)ccc2-c2cccc(-c3ccc(OC)cc3)c2O)cc1. The number of aromatic hydroxyl groups is 1. The van der Waals surface area contributed by atoms with E-state index in [-0.39, 0.29) is 5.75 Å². The molecule has 4 aromatic carbocycles. The van der Waals surface area contributed by atoms with Gasteiger partial charge in [-0.05, 0) is 64.7 Å². The standard InChI is InChI=1S/C27H24O4/c1-29-20-11-7-18(8-12-20)23-5-4-6-25(27(23)28)24-16-15-22(31-3)17-26(24)19-9-13-21(30-2)14-10-19/h4-17,28H,1-3H3. The molecule has 4 heteroatoms. The van der Waals surface area contributed by atoms with E-state index in [9.17, 15) is 5.11 Å². The molecule has 0 amide bonds. The molecule has 0 aliphatic carbocycles. The highest BCUT2D eigenvalue weighted by Crippen LogP contribution is 2.43. The molecule has 0 radical (unpaired) electrons. The van der Waals surface area contributed by atoms with Gasteiger partial charge in [-0.2, -0.15) is 0 Å². The monoisotopic (exact) mass is 412 g/mol. The van der Waals surface area contributed by atoms with Crippen LogP contribution >= 0.6 is 0 Å². The Labute approximate surface area is 182 Å². The van der Waals surface area contributed by atoms with Crippen molar-refractivity contribution < 1.29 is 19.3 Å². The second-order valence-corrected chi connectivity index (χ2v) is 7.07. The zero-order valence-corrected chi connectivity index (χ0v) is 17.8. The number of hydrogen-bond acceptors (Lipinski definition) is 4. The summed E-state index contributed by atoms with van der Waals surface area (Å²) in [5.74, 6) is 2.54. The number of rotatable bonds is 6. The normalized spacial score (nSPS) is 10.5. The van der Waals surface area contributed by atoms with Gasteiger partial charge in [-0.15, -0.1) is 0 Å². The molecule has 31 heavy (non-hydrogen) atoms. The van der Waals surface area contributed by atoms with Crippen LogP contribution in [0.15, 0.2) is 84.9 Å². The highest BCUT2D eigenvalue weighted by Gasteiger charge is 2.16. The Morgan fingerprint density at radius 1 is 0.484 bits per heavy atom. The van der Waals surface area contributed by atoms with Crippen LogP contribution in [0, 0.1) is 0 Å². The number of phenols is 1. The van der Waals surface area contributed by atoms with Crippen molar-refractivity contribution in [2.45, 2.75) is 0 Å². The Kier molecular flexibility index (Phi) is 5.80. The lowest BCUT2D eigenvalue weighted by molar-refractivity contribution is 0.414. The summed E-state index contributed by atoms with van der Waals surface area (Å²) in [5, 5.41) is 11.2. The summed E-state index contributed by atoms with van der Waals surface area (Å²) < 4.78 is 16.0. The highest BCUT2D eigenvalue weighted by molar-refractivity contribution is 5.90. The number of para-hydroxylation sites is 1. The van der Waals surface area contributed by atoms with E-state index in [4.69, 9.17) is 14.2 Å². The van der Waals surface area contributed by atoms with Crippen molar-refractivity contribution in [2.24, 2.45) is 0 Å². The molecule has 0 saturated carbocycles. The van der Waals surface area contributed by atoms with E-state index < -0.39 is 0 Å². The minimum Gasteiger partial charge on any atom is -0.507 e. The molecule has 1 N–H and O–H groups in total. The van der Waals surface area contributed by atoms with Crippen molar-refractivity contribution in [2.75, 3.05) is 21.3 Å². The van der Waals surface area contributed by atoms with Gasteiger partial charge in [0.15, 0.2) is 0 Å². The van der Waals surface area contributed by atoms with E-state index in [1.807, 2.05) is 84.9 Å². The van der Waals surface area contributed by atoms with Crippen LogP contribution in [0.3, 0.4) is 0 Å². The third kappa shape index (κ3) is 4.05. The second-order valence-electron chi connectivity index (χ2n) is 7.07. The Morgan fingerprint density at radius 2 is 0.968 bits per heavy atom. The number of ether oxygens (including phenoxy) is 3. The second kappa shape index (κ2) is 8.84. The average molecular weight is 412 g/mol. The van der Waals surface area contributed by atoms with Gasteiger partial charge in [0.1, 0.15) is 23.0 Å². The Balaban J connectivity index is 1.85. The molecule has 0 heterocycles. The molecular formula is C27H24O4. The Bertz CT molecular complexity index is 1180. The maximum Gasteiger partial charge on any atom is 0.131 e. The van der Waals surface area contributed by atoms with Crippen LogP contribution in [0.2, 0.25) is 0 Å². The largest absolute Gasteiger partial charge is 0.507 e. The fraction of sp³-hybridized carbons (Fsp3) is 0.111. The molecule has 4 rings (SSSR count). The van der Waals surface area contributed by atoms with Crippen LogP contribution in [0.25, 0.3) is 33.4 Å².